The van der Waals surface area contributed by atoms with Crippen LogP contribution in [0.4, 0.5) is 4.79 Å². The van der Waals surface area contributed by atoms with Crippen LogP contribution in [0.1, 0.15) is 19.3 Å². The number of nitrogens with one attached hydrogen (secondary N) is 2. The first-order valence-electron chi connectivity index (χ1n) is 5.51. The number of rotatable bonds is 9. The number of primary amides is 1. The molecular weight excluding hydrogens is 258 g/mol. The molecule has 0 heterocycles. The monoisotopic (exact) mass is 277 g/mol. The van der Waals surface area contributed by atoms with Gasteiger partial charge in [-0.2, -0.15) is 11.8 Å². The van der Waals surface area contributed by atoms with Crippen LogP contribution in [0.5, 0.6) is 0 Å². The van der Waals surface area contributed by atoms with E-state index >= 15 is 0 Å². The highest BCUT2D eigenvalue weighted by Crippen LogP contribution is 1.97. The van der Waals surface area contributed by atoms with Gasteiger partial charge in [0.15, 0.2) is 0 Å². The Morgan fingerprint density at radius 2 is 2.06 bits per heavy atom. The zero-order valence-electron chi connectivity index (χ0n) is 10.3. The van der Waals surface area contributed by atoms with Crippen molar-refractivity contribution in [3.63, 3.8) is 0 Å². The Bertz CT molecular complexity index is 299. The SMILES string of the molecule is CSCCCNC(=O)NC(CCC(N)=O)C(=O)O. The predicted molar refractivity (Wildman–Crippen MR) is 69.4 cm³/mol. The third-order valence-corrected chi connectivity index (χ3v) is 2.79. The van der Waals surface area contributed by atoms with Gasteiger partial charge in [0.2, 0.25) is 5.91 Å². The maximum absolute atomic E-state index is 11.4. The number of nitrogens with two attached hydrogens (primary N) is 1. The average molecular weight is 277 g/mol. The predicted octanol–water partition coefficient (Wildman–Crippen LogP) is -0.243. The first-order chi connectivity index (χ1) is 8.47. The lowest BCUT2D eigenvalue weighted by atomic mass is 10.1. The van der Waals surface area contributed by atoms with E-state index in [0.29, 0.717) is 6.54 Å². The average Bonchev–Trinajstić information content (AvgIpc) is 2.29. The summed E-state index contributed by atoms with van der Waals surface area (Å²) in [4.78, 5) is 32.7. The van der Waals surface area contributed by atoms with E-state index in [0.717, 1.165) is 12.2 Å². The number of aliphatic carboxylic acids is 1. The van der Waals surface area contributed by atoms with Gasteiger partial charge in [-0.3, -0.25) is 4.79 Å². The van der Waals surface area contributed by atoms with Gasteiger partial charge in [0.25, 0.3) is 0 Å². The first-order valence-corrected chi connectivity index (χ1v) is 6.91. The molecule has 0 radical (unpaired) electrons. The van der Waals surface area contributed by atoms with Crippen molar-refractivity contribution in [1.29, 1.82) is 0 Å². The number of carboxylic acids is 1. The maximum Gasteiger partial charge on any atom is 0.326 e. The summed E-state index contributed by atoms with van der Waals surface area (Å²) in [7, 11) is 0. The molecule has 0 aliphatic carbocycles. The molecule has 0 bridgehead atoms. The molecule has 104 valence electrons. The molecule has 0 aromatic rings. The van der Waals surface area contributed by atoms with Crippen molar-refractivity contribution in [2.75, 3.05) is 18.6 Å². The van der Waals surface area contributed by atoms with Crippen LogP contribution in [0.25, 0.3) is 0 Å². The Morgan fingerprint density at radius 1 is 1.39 bits per heavy atom. The van der Waals surface area contributed by atoms with Gasteiger partial charge >= 0.3 is 12.0 Å². The van der Waals surface area contributed by atoms with E-state index in [4.69, 9.17) is 10.8 Å². The Hall–Kier alpha value is -1.44. The largest absolute Gasteiger partial charge is 0.480 e. The quantitative estimate of drug-likeness (QED) is 0.433. The number of hydrogen-bond donors (Lipinski definition) is 4. The van der Waals surface area contributed by atoms with Gasteiger partial charge in [0, 0.05) is 13.0 Å². The summed E-state index contributed by atoms with van der Waals surface area (Å²) in [5.41, 5.74) is 4.92. The van der Waals surface area contributed by atoms with Gasteiger partial charge in [-0.05, 0) is 24.9 Å². The molecule has 1 atom stereocenters. The van der Waals surface area contributed by atoms with E-state index in [9.17, 15) is 14.4 Å². The third-order valence-electron chi connectivity index (χ3n) is 2.09. The molecular formula is C10H19N3O4S. The highest BCUT2D eigenvalue weighted by Gasteiger charge is 2.20. The smallest absolute Gasteiger partial charge is 0.326 e. The standard InChI is InChI=1S/C10H19N3O4S/c1-18-6-2-5-12-10(17)13-7(9(15)16)3-4-8(11)14/h7H,2-6H2,1H3,(H2,11,14)(H,15,16)(H2,12,13,17). The lowest BCUT2D eigenvalue weighted by Crippen LogP contribution is -2.46. The van der Waals surface area contributed by atoms with E-state index in [1.54, 1.807) is 11.8 Å². The van der Waals surface area contributed by atoms with Crippen molar-refractivity contribution in [3.05, 3.63) is 0 Å². The second kappa shape index (κ2) is 9.58. The fourth-order valence-electron chi connectivity index (χ4n) is 1.17. The molecule has 0 fully saturated rings. The Morgan fingerprint density at radius 3 is 2.56 bits per heavy atom. The highest BCUT2D eigenvalue weighted by molar-refractivity contribution is 7.98. The van der Waals surface area contributed by atoms with Gasteiger partial charge in [-0.25, -0.2) is 9.59 Å². The highest BCUT2D eigenvalue weighted by atomic mass is 32.2. The van der Waals surface area contributed by atoms with E-state index in [-0.39, 0.29) is 12.8 Å². The molecule has 18 heavy (non-hydrogen) atoms. The minimum Gasteiger partial charge on any atom is -0.480 e. The second-order valence-corrected chi connectivity index (χ2v) is 4.63. The number of carbonyl (C=O) groups excluding carboxylic acids is 2. The van der Waals surface area contributed by atoms with E-state index in [1.807, 2.05) is 6.26 Å². The number of amides is 3. The number of hydrogen-bond acceptors (Lipinski definition) is 4. The van der Waals surface area contributed by atoms with E-state index < -0.39 is 23.9 Å². The van der Waals surface area contributed by atoms with Crippen LogP contribution >= 0.6 is 11.8 Å². The Kier molecular flexibility index (Phi) is 8.81. The van der Waals surface area contributed by atoms with Gasteiger partial charge in [-0.15, -0.1) is 0 Å². The summed E-state index contributed by atoms with van der Waals surface area (Å²) in [6, 6.07) is -1.65. The Balaban J connectivity index is 3.96. The number of urea groups is 1. The van der Waals surface area contributed by atoms with Crippen LogP contribution in [-0.4, -0.2) is 47.6 Å². The number of thioether (sulfide) groups is 1. The second-order valence-electron chi connectivity index (χ2n) is 3.64. The van der Waals surface area contributed by atoms with Gasteiger partial charge in [0.05, 0.1) is 0 Å². The maximum atomic E-state index is 11.4. The normalized spacial score (nSPS) is 11.6. The molecule has 0 aromatic heterocycles. The van der Waals surface area contributed by atoms with E-state index in [1.165, 1.54) is 0 Å². The molecule has 0 aliphatic rings. The Labute approximate surface area is 110 Å². The zero-order valence-corrected chi connectivity index (χ0v) is 11.1. The van der Waals surface area contributed by atoms with Crippen molar-refractivity contribution in [1.82, 2.24) is 10.6 Å². The van der Waals surface area contributed by atoms with Crippen LogP contribution in [0.3, 0.4) is 0 Å². The minimum absolute atomic E-state index is 0.0110. The summed E-state index contributed by atoms with van der Waals surface area (Å²) in [5, 5.41) is 13.7. The van der Waals surface area contributed by atoms with Crippen LogP contribution in [0.15, 0.2) is 0 Å². The summed E-state index contributed by atoms with van der Waals surface area (Å²) < 4.78 is 0. The first kappa shape index (κ1) is 16.6. The lowest BCUT2D eigenvalue weighted by Gasteiger charge is -2.14. The number of carboxylic acid groups (broad SMARTS) is 1. The summed E-state index contributed by atoms with van der Waals surface area (Å²) in [6.07, 6.45) is 2.69. The van der Waals surface area contributed by atoms with Crippen molar-refractivity contribution < 1.29 is 19.5 Å². The van der Waals surface area contributed by atoms with Gasteiger partial charge in [-0.1, -0.05) is 0 Å². The molecule has 8 heteroatoms. The third kappa shape index (κ3) is 8.68. The molecule has 0 spiro atoms. The fourth-order valence-corrected chi connectivity index (χ4v) is 1.60. The molecule has 1 unspecified atom stereocenters. The molecule has 0 aliphatic heterocycles. The van der Waals surface area contributed by atoms with Crippen LogP contribution < -0.4 is 16.4 Å². The minimum atomic E-state index is -1.18. The summed E-state index contributed by atoms with van der Waals surface area (Å²) >= 11 is 1.67. The molecule has 7 nitrogen and oxygen atoms in total. The van der Waals surface area contributed by atoms with Gasteiger partial charge in [0.1, 0.15) is 6.04 Å². The zero-order chi connectivity index (χ0) is 14.0. The van der Waals surface area contributed by atoms with Crippen molar-refractivity contribution in [3.8, 4) is 0 Å². The fraction of sp³-hybridized carbons (Fsp3) is 0.700. The molecule has 3 amide bonds. The van der Waals surface area contributed by atoms with E-state index in [2.05, 4.69) is 10.6 Å². The number of carbonyl (C=O) groups is 3. The molecule has 0 saturated carbocycles. The van der Waals surface area contributed by atoms with Crippen LogP contribution in [-0.2, 0) is 9.59 Å². The molecule has 0 saturated heterocycles. The molecule has 0 rings (SSSR count). The lowest BCUT2D eigenvalue weighted by molar-refractivity contribution is -0.139. The van der Waals surface area contributed by atoms with Crippen molar-refractivity contribution >= 4 is 29.7 Å². The van der Waals surface area contributed by atoms with Crippen molar-refractivity contribution in [2.45, 2.75) is 25.3 Å². The topological polar surface area (TPSA) is 122 Å². The summed E-state index contributed by atoms with van der Waals surface area (Å²) in [5.74, 6) is -0.858. The molecule has 5 N–H and O–H groups in total. The summed E-state index contributed by atoms with van der Waals surface area (Å²) in [6.45, 7) is 0.481. The van der Waals surface area contributed by atoms with Gasteiger partial charge < -0.3 is 21.5 Å². The van der Waals surface area contributed by atoms with Crippen LogP contribution in [0.2, 0.25) is 0 Å². The van der Waals surface area contributed by atoms with Crippen LogP contribution in [0, 0.1) is 0 Å². The van der Waals surface area contributed by atoms with Crippen molar-refractivity contribution in [2.24, 2.45) is 5.73 Å². The molecule has 0 aromatic carbocycles.